The first-order valence-corrected chi connectivity index (χ1v) is 10.8. The maximum atomic E-state index is 12.0. The summed E-state index contributed by atoms with van der Waals surface area (Å²) in [5.74, 6) is -0.432. The third kappa shape index (κ3) is 4.94. The highest BCUT2D eigenvalue weighted by molar-refractivity contribution is 7.85. The summed E-state index contributed by atoms with van der Waals surface area (Å²) in [4.78, 5) is 25.4. The summed E-state index contributed by atoms with van der Waals surface area (Å²) >= 11 is 1.39. The van der Waals surface area contributed by atoms with Crippen LogP contribution in [0.4, 0.5) is 10.5 Å². The zero-order valence-electron chi connectivity index (χ0n) is 14.7. The number of rotatable bonds is 6. The van der Waals surface area contributed by atoms with Crippen LogP contribution < -0.4 is 10.2 Å². The van der Waals surface area contributed by atoms with Gasteiger partial charge in [-0.25, -0.2) is 4.79 Å². The third-order valence-corrected chi connectivity index (χ3v) is 5.08. The highest BCUT2D eigenvalue weighted by atomic mass is 32.2. The number of ether oxygens (including phenoxy) is 1. The van der Waals surface area contributed by atoms with Gasteiger partial charge in [0.15, 0.2) is 0 Å². The summed E-state index contributed by atoms with van der Waals surface area (Å²) in [7, 11) is -3.62. The average Bonchev–Trinajstić information content (AvgIpc) is 3.29. The van der Waals surface area contributed by atoms with Crippen molar-refractivity contribution in [3.8, 4) is 0 Å². The summed E-state index contributed by atoms with van der Waals surface area (Å²) in [6, 6.07) is 8.08. The molecule has 1 saturated heterocycles. The van der Waals surface area contributed by atoms with Gasteiger partial charge in [-0.1, -0.05) is 0 Å². The summed E-state index contributed by atoms with van der Waals surface area (Å²) in [6.45, 7) is -0.113. The molecule has 2 amide bonds. The fraction of sp³-hybridized carbons (Fsp3) is 0.235. The lowest BCUT2D eigenvalue weighted by molar-refractivity contribution is 0.0977. The second-order valence-electron chi connectivity index (χ2n) is 5.99. The second-order valence-corrected chi connectivity index (χ2v) is 8.42. The first kappa shape index (κ1) is 20.0. The Bertz CT molecular complexity index is 986. The van der Waals surface area contributed by atoms with Crippen LogP contribution in [0.3, 0.4) is 0 Å². The number of amidine groups is 1. The number of hydrogen-bond donors (Lipinski definition) is 2. The van der Waals surface area contributed by atoms with Gasteiger partial charge < -0.3 is 10.1 Å². The van der Waals surface area contributed by atoms with Gasteiger partial charge in [-0.05, 0) is 35.7 Å². The summed E-state index contributed by atoms with van der Waals surface area (Å²) in [5.41, 5.74) is 1.47. The molecule has 2 heterocycles. The van der Waals surface area contributed by atoms with E-state index in [1.807, 2.05) is 0 Å². The Hall–Kier alpha value is -2.76. The van der Waals surface area contributed by atoms with Crippen molar-refractivity contribution in [2.45, 2.75) is 6.10 Å². The molecule has 1 aromatic heterocycles. The molecule has 9 nitrogen and oxygen atoms in total. The number of nitrogens with one attached hydrogen (secondary N) is 2. The number of nitrogens with zero attached hydrogens (tertiary/aromatic N) is 1. The smallest absolute Gasteiger partial charge is 0.414 e. The van der Waals surface area contributed by atoms with E-state index < -0.39 is 22.3 Å². The molecule has 148 valence electrons. The number of carbonyl (C=O) groups excluding carboxylic acids is 2. The molecule has 1 aromatic carbocycles. The Morgan fingerprint density at radius 2 is 2.04 bits per heavy atom. The molecule has 28 heavy (non-hydrogen) atoms. The Morgan fingerprint density at radius 1 is 1.32 bits per heavy atom. The Balaban J connectivity index is 1.61. The highest BCUT2D eigenvalue weighted by Gasteiger charge is 2.33. The van der Waals surface area contributed by atoms with Crippen molar-refractivity contribution in [3.63, 3.8) is 0 Å². The zero-order valence-corrected chi connectivity index (χ0v) is 16.4. The van der Waals surface area contributed by atoms with Gasteiger partial charge in [-0.2, -0.15) is 19.8 Å². The maximum absolute atomic E-state index is 12.0. The van der Waals surface area contributed by atoms with Gasteiger partial charge in [-0.15, -0.1) is 0 Å². The molecule has 0 radical (unpaired) electrons. The van der Waals surface area contributed by atoms with E-state index in [1.165, 1.54) is 16.2 Å². The Labute approximate surface area is 165 Å². The van der Waals surface area contributed by atoms with Crippen LogP contribution in [0.2, 0.25) is 0 Å². The van der Waals surface area contributed by atoms with E-state index in [0.717, 1.165) is 6.26 Å². The molecule has 3 rings (SSSR count). The normalized spacial score (nSPS) is 16.7. The van der Waals surface area contributed by atoms with Gasteiger partial charge in [0.2, 0.25) is 0 Å². The molecule has 0 spiro atoms. The van der Waals surface area contributed by atoms with Crippen LogP contribution in [0, 0.1) is 5.41 Å². The second kappa shape index (κ2) is 8.09. The third-order valence-electron chi connectivity index (χ3n) is 3.83. The van der Waals surface area contributed by atoms with Gasteiger partial charge in [0, 0.05) is 16.6 Å². The van der Waals surface area contributed by atoms with Gasteiger partial charge in [0.05, 0.1) is 18.4 Å². The van der Waals surface area contributed by atoms with Crippen LogP contribution in [-0.2, 0) is 19.0 Å². The summed E-state index contributed by atoms with van der Waals surface area (Å²) in [5, 5.41) is 14.0. The lowest BCUT2D eigenvalue weighted by Crippen LogP contribution is -2.30. The topological polar surface area (TPSA) is 126 Å². The van der Waals surface area contributed by atoms with Crippen LogP contribution in [0.5, 0.6) is 0 Å². The van der Waals surface area contributed by atoms with E-state index in [1.54, 1.807) is 41.1 Å². The molecular formula is C17H17N3O6S2. The number of carbonyl (C=O) groups is 2. The maximum Gasteiger partial charge on any atom is 0.414 e. The van der Waals surface area contributed by atoms with Crippen molar-refractivity contribution in [1.82, 2.24) is 5.32 Å². The molecule has 0 saturated carbocycles. The molecule has 2 aromatic rings. The summed E-state index contributed by atoms with van der Waals surface area (Å²) in [6.07, 6.45) is -0.396. The lowest BCUT2D eigenvalue weighted by atomic mass is 10.1. The standard InChI is InChI=1S/C17H17N3O6S2/c1-28(23,24)25-9-14-8-20(17(22)26-14)13-4-2-11(3-5-13)15(18)19-16(21)12-6-7-27-10-12/h2-7,10,14H,8-9H2,1H3,(H2,18,19,21). The van der Waals surface area contributed by atoms with E-state index in [-0.39, 0.29) is 24.9 Å². The van der Waals surface area contributed by atoms with Gasteiger partial charge in [0.1, 0.15) is 18.5 Å². The number of cyclic esters (lactones) is 1. The monoisotopic (exact) mass is 423 g/mol. The molecule has 2 N–H and O–H groups in total. The summed E-state index contributed by atoms with van der Waals surface area (Å²) < 4.78 is 31.9. The van der Waals surface area contributed by atoms with Crippen molar-refractivity contribution >= 4 is 45.0 Å². The largest absolute Gasteiger partial charge is 0.441 e. The van der Waals surface area contributed by atoms with E-state index >= 15 is 0 Å². The van der Waals surface area contributed by atoms with Crippen molar-refractivity contribution in [3.05, 3.63) is 52.2 Å². The molecule has 1 unspecified atom stereocenters. The first-order valence-electron chi connectivity index (χ1n) is 8.08. The molecule has 0 aliphatic carbocycles. The predicted octanol–water partition coefficient (Wildman–Crippen LogP) is 1.80. The Morgan fingerprint density at radius 3 is 2.64 bits per heavy atom. The molecular weight excluding hydrogens is 406 g/mol. The van der Waals surface area contributed by atoms with Crippen molar-refractivity contribution in [1.29, 1.82) is 5.41 Å². The van der Waals surface area contributed by atoms with E-state index in [9.17, 15) is 18.0 Å². The van der Waals surface area contributed by atoms with Gasteiger partial charge in [0.25, 0.3) is 16.0 Å². The van der Waals surface area contributed by atoms with E-state index in [4.69, 9.17) is 10.1 Å². The average molecular weight is 423 g/mol. The van der Waals surface area contributed by atoms with Gasteiger partial charge >= 0.3 is 6.09 Å². The first-order chi connectivity index (χ1) is 13.2. The molecule has 1 aliphatic rings. The lowest BCUT2D eigenvalue weighted by Gasteiger charge is -2.14. The number of thiophene rings is 1. The van der Waals surface area contributed by atoms with Crippen molar-refractivity contribution in [2.24, 2.45) is 0 Å². The number of hydrogen-bond acceptors (Lipinski definition) is 8. The molecule has 1 aliphatic heterocycles. The van der Waals surface area contributed by atoms with Crippen LogP contribution in [0.1, 0.15) is 15.9 Å². The highest BCUT2D eigenvalue weighted by Crippen LogP contribution is 2.22. The predicted molar refractivity (Wildman–Crippen MR) is 103 cm³/mol. The molecule has 1 atom stereocenters. The molecule has 0 bridgehead atoms. The number of anilines is 1. The quantitative estimate of drug-likeness (QED) is 0.415. The molecule has 11 heteroatoms. The van der Waals surface area contributed by atoms with Crippen LogP contribution >= 0.6 is 11.3 Å². The van der Waals surface area contributed by atoms with Crippen molar-refractivity contribution < 1.29 is 26.9 Å². The minimum absolute atomic E-state index is 0.0637. The fourth-order valence-corrected chi connectivity index (χ4v) is 3.51. The van der Waals surface area contributed by atoms with Crippen LogP contribution in [-0.4, -0.2) is 51.8 Å². The van der Waals surface area contributed by atoms with E-state index in [0.29, 0.717) is 16.8 Å². The fourth-order valence-electron chi connectivity index (χ4n) is 2.48. The minimum Gasteiger partial charge on any atom is -0.441 e. The molecule has 1 fully saturated rings. The SMILES string of the molecule is CS(=O)(=O)OCC1CN(c2ccc(C(=N)NC(=O)c3ccsc3)cc2)C(=O)O1. The van der Waals surface area contributed by atoms with Crippen LogP contribution in [0.15, 0.2) is 41.1 Å². The minimum atomic E-state index is -3.62. The van der Waals surface area contributed by atoms with Gasteiger partial charge in [-0.3, -0.25) is 19.3 Å². The number of amides is 2. The Kier molecular flexibility index (Phi) is 5.77. The number of benzene rings is 1. The van der Waals surface area contributed by atoms with Crippen LogP contribution in [0.25, 0.3) is 0 Å². The zero-order chi connectivity index (χ0) is 20.3. The van der Waals surface area contributed by atoms with E-state index in [2.05, 4.69) is 9.50 Å². The van der Waals surface area contributed by atoms with Crippen molar-refractivity contribution in [2.75, 3.05) is 24.3 Å².